The van der Waals surface area contributed by atoms with Gasteiger partial charge in [-0.25, -0.2) is 9.78 Å². The molecule has 0 atom stereocenters. The smallest absolute Gasteiger partial charge is 0.360 e. The Labute approximate surface area is 161 Å². The third-order valence-corrected chi connectivity index (χ3v) is 4.12. The van der Waals surface area contributed by atoms with Gasteiger partial charge in [0.1, 0.15) is 0 Å². The van der Waals surface area contributed by atoms with Gasteiger partial charge in [-0.2, -0.15) is 0 Å². The van der Waals surface area contributed by atoms with Crippen LogP contribution in [0.3, 0.4) is 0 Å². The first-order valence-electron chi connectivity index (χ1n) is 8.66. The fraction of sp³-hybridized carbons (Fsp3) is 0.143. The van der Waals surface area contributed by atoms with Crippen molar-refractivity contribution >= 4 is 11.7 Å². The van der Waals surface area contributed by atoms with E-state index < -0.39 is 16.5 Å². The van der Waals surface area contributed by atoms with Gasteiger partial charge in [0.05, 0.1) is 11.5 Å². The Bertz CT molecular complexity index is 921. The average Bonchev–Trinajstić information content (AvgIpc) is 2.73. The highest BCUT2D eigenvalue weighted by atomic mass is 16.6. The van der Waals surface area contributed by atoms with Crippen molar-refractivity contribution in [3.63, 3.8) is 0 Å². The molecule has 0 aliphatic heterocycles. The lowest BCUT2D eigenvalue weighted by Crippen LogP contribution is -2.44. The van der Waals surface area contributed by atoms with Gasteiger partial charge in [-0.3, -0.25) is 10.1 Å². The molecule has 0 spiro atoms. The number of nitrogens with zero attached hydrogens (tertiary/aromatic N) is 2. The molecule has 3 rings (SSSR count). The van der Waals surface area contributed by atoms with Gasteiger partial charge in [0.2, 0.25) is 0 Å². The molecule has 0 saturated heterocycles. The lowest BCUT2D eigenvalue weighted by atomic mass is 9.86. The minimum absolute atomic E-state index is 0.119. The van der Waals surface area contributed by atoms with Crippen LogP contribution in [0.2, 0.25) is 0 Å². The molecular weight excluding hydrogens is 360 g/mol. The molecule has 0 fully saturated rings. The highest BCUT2D eigenvalue weighted by Gasteiger charge is 2.48. The third kappa shape index (κ3) is 3.55. The summed E-state index contributed by atoms with van der Waals surface area (Å²) in [7, 11) is 0. The molecule has 0 saturated carbocycles. The van der Waals surface area contributed by atoms with Crippen LogP contribution in [0.25, 0.3) is 0 Å². The largest absolute Gasteiger partial charge is 0.462 e. The van der Waals surface area contributed by atoms with Gasteiger partial charge < -0.3 is 9.47 Å². The second-order valence-corrected chi connectivity index (χ2v) is 5.82. The number of rotatable bonds is 7. The van der Waals surface area contributed by atoms with E-state index in [2.05, 4.69) is 4.98 Å². The van der Waals surface area contributed by atoms with Crippen LogP contribution >= 0.6 is 0 Å². The van der Waals surface area contributed by atoms with Crippen LogP contribution in [0, 0.1) is 10.1 Å². The number of hydrogen-bond donors (Lipinski definition) is 0. The Hall–Kier alpha value is -3.74. The maximum absolute atomic E-state index is 13.2. The van der Waals surface area contributed by atoms with E-state index >= 15 is 0 Å². The molecular formula is C21H18N2O5. The zero-order valence-electron chi connectivity index (χ0n) is 15.1. The summed E-state index contributed by atoms with van der Waals surface area (Å²) in [6.45, 7) is 1.80. The van der Waals surface area contributed by atoms with Crippen molar-refractivity contribution in [1.82, 2.24) is 4.98 Å². The van der Waals surface area contributed by atoms with E-state index in [1.165, 1.54) is 18.3 Å². The summed E-state index contributed by atoms with van der Waals surface area (Å²) < 4.78 is 11.4. The molecule has 142 valence electrons. The molecule has 0 amide bonds. The molecule has 1 heterocycles. The van der Waals surface area contributed by atoms with E-state index in [1.807, 2.05) is 0 Å². The number of carbonyl (C=O) groups excluding carboxylic acids is 1. The topological polar surface area (TPSA) is 91.6 Å². The summed E-state index contributed by atoms with van der Waals surface area (Å²) in [5, 5.41) is 11.4. The molecule has 0 unspecified atom stereocenters. The lowest BCUT2D eigenvalue weighted by Gasteiger charge is -2.32. The van der Waals surface area contributed by atoms with Gasteiger partial charge in [-0.15, -0.1) is 0 Å². The molecule has 2 aromatic carbocycles. The fourth-order valence-corrected chi connectivity index (χ4v) is 2.89. The summed E-state index contributed by atoms with van der Waals surface area (Å²) in [5.41, 5.74) is -1.15. The first-order chi connectivity index (χ1) is 13.6. The highest BCUT2D eigenvalue weighted by molar-refractivity contribution is 5.86. The van der Waals surface area contributed by atoms with E-state index in [4.69, 9.17) is 9.47 Å². The van der Waals surface area contributed by atoms with Gasteiger partial charge in [0, 0.05) is 23.4 Å². The third-order valence-electron chi connectivity index (χ3n) is 4.12. The molecule has 0 radical (unpaired) electrons. The van der Waals surface area contributed by atoms with Crippen molar-refractivity contribution in [3.8, 4) is 5.88 Å². The van der Waals surface area contributed by atoms with Crippen molar-refractivity contribution in [3.05, 3.63) is 100 Å². The Kier molecular flexibility index (Phi) is 5.64. The normalized spacial score (nSPS) is 10.9. The van der Waals surface area contributed by atoms with Crippen molar-refractivity contribution in [2.24, 2.45) is 0 Å². The number of benzene rings is 2. The molecule has 7 heteroatoms. The van der Waals surface area contributed by atoms with Crippen molar-refractivity contribution in [2.75, 3.05) is 6.61 Å². The highest BCUT2D eigenvalue weighted by Crippen LogP contribution is 2.38. The zero-order valence-corrected chi connectivity index (χ0v) is 15.1. The Balaban J connectivity index is 2.27. The summed E-state index contributed by atoms with van der Waals surface area (Å²) in [6, 6.07) is 20.1. The Morgan fingerprint density at radius 2 is 1.57 bits per heavy atom. The molecule has 7 nitrogen and oxygen atoms in total. The zero-order chi connectivity index (χ0) is 20.0. The van der Waals surface area contributed by atoms with Gasteiger partial charge in [-0.05, 0) is 13.0 Å². The van der Waals surface area contributed by atoms with E-state index in [9.17, 15) is 14.9 Å². The van der Waals surface area contributed by atoms with Gasteiger partial charge in [0.25, 0.3) is 11.5 Å². The minimum Gasteiger partial charge on any atom is -0.462 e. The molecule has 0 aliphatic carbocycles. The van der Waals surface area contributed by atoms with Crippen LogP contribution in [-0.4, -0.2) is 22.5 Å². The van der Waals surface area contributed by atoms with E-state index in [0.29, 0.717) is 11.1 Å². The molecule has 1 aromatic heterocycles. The monoisotopic (exact) mass is 378 g/mol. The number of carbonyl (C=O) groups is 1. The average molecular weight is 378 g/mol. The van der Waals surface area contributed by atoms with Crippen LogP contribution in [0.5, 0.6) is 5.88 Å². The van der Waals surface area contributed by atoms with Crippen LogP contribution < -0.4 is 4.74 Å². The number of ether oxygens (including phenoxy) is 2. The summed E-state index contributed by atoms with van der Waals surface area (Å²) in [4.78, 5) is 28.1. The molecule has 28 heavy (non-hydrogen) atoms. The van der Waals surface area contributed by atoms with Gasteiger partial charge in [0.15, 0.2) is 0 Å². The van der Waals surface area contributed by atoms with E-state index in [-0.39, 0.29) is 18.2 Å². The number of pyridine rings is 1. The first kappa shape index (κ1) is 19.0. The van der Waals surface area contributed by atoms with Crippen LogP contribution in [0.4, 0.5) is 5.69 Å². The quantitative estimate of drug-likeness (QED) is 0.352. The standard InChI is InChI=1S/C21H18N2O5/c1-2-27-20(24)21(16-10-5-3-6-11-16,17-12-7-4-8-13-17)28-19-18(23(25)26)14-9-15-22-19/h3-15H,2H2,1H3. The second-order valence-electron chi connectivity index (χ2n) is 5.82. The maximum Gasteiger partial charge on any atom is 0.360 e. The number of hydrogen-bond acceptors (Lipinski definition) is 6. The summed E-state index contributed by atoms with van der Waals surface area (Å²) in [6.07, 6.45) is 1.37. The van der Waals surface area contributed by atoms with E-state index in [0.717, 1.165) is 0 Å². The summed E-state index contributed by atoms with van der Waals surface area (Å²) >= 11 is 0. The SMILES string of the molecule is CCOC(=O)C(Oc1ncccc1[N+](=O)[O-])(c1ccccc1)c1ccccc1. The van der Waals surface area contributed by atoms with Crippen molar-refractivity contribution < 1.29 is 19.2 Å². The first-order valence-corrected chi connectivity index (χ1v) is 8.66. The predicted molar refractivity (Wildman–Crippen MR) is 102 cm³/mol. The predicted octanol–water partition coefficient (Wildman–Crippen LogP) is 3.88. The van der Waals surface area contributed by atoms with E-state index in [1.54, 1.807) is 67.6 Å². The number of esters is 1. The van der Waals surface area contributed by atoms with Crippen LogP contribution in [0.15, 0.2) is 79.0 Å². The van der Waals surface area contributed by atoms with Gasteiger partial charge >= 0.3 is 11.7 Å². The molecule has 3 aromatic rings. The van der Waals surface area contributed by atoms with Gasteiger partial charge in [-0.1, -0.05) is 60.7 Å². The molecule has 0 N–H and O–H groups in total. The maximum atomic E-state index is 13.2. The molecule has 0 bridgehead atoms. The second kappa shape index (κ2) is 8.30. The molecule has 0 aliphatic rings. The fourth-order valence-electron chi connectivity index (χ4n) is 2.89. The van der Waals surface area contributed by atoms with Crippen LogP contribution in [0.1, 0.15) is 18.1 Å². The van der Waals surface area contributed by atoms with Crippen molar-refractivity contribution in [1.29, 1.82) is 0 Å². The Morgan fingerprint density at radius 1 is 1.00 bits per heavy atom. The van der Waals surface area contributed by atoms with Crippen LogP contribution in [-0.2, 0) is 15.1 Å². The number of aromatic nitrogens is 1. The Morgan fingerprint density at radius 3 is 2.07 bits per heavy atom. The summed E-state index contributed by atoms with van der Waals surface area (Å²) in [5.74, 6) is -0.958. The lowest BCUT2D eigenvalue weighted by molar-refractivity contribution is -0.386. The minimum atomic E-state index is -1.75. The van der Waals surface area contributed by atoms with Crippen molar-refractivity contribution in [2.45, 2.75) is 12.5 Å². The number of nitro groups is 1.